The zero-order valence-electron chi connectivity index (χ0n) is 9.19. The van der Waals surface area contributed by atoms with Gasteiger partial charge in [-0.15, -0.1) is 0 Å². The molecule has 1 aromatic carbocycles. The lowest BCUT2D eigenvalue weighted by Gasteiger charge is -2.08. The molecule has 15 heavy (non-hydrogen) atoms. The highest BCUT2D eigenvalue weighted by Gasteiger charge is 2.02. The molecule has 1 amide bonds. The van der Waals surface area contributed by atoms with Crippen molar-refractivity contribution < 1.29 is 9.53 Å². The van der Waals surface area contributed by atoms with Gasteiger partial charge in [-0.2, -0.15) is 0 Å². The van der Waals surface area contributed by atoms with Crippen LogP contribution in [-0.2, 0) is 0 Å². The van der Waals surface area contributed by atoms with Crippen LogP contribution in [0.1, 0.15) is 30.6 Å². The molecule has 3 nitrogen and oxygen atoms in total. The van der Waals surface area contributed by atoms with E-state index in [0.717, 1.165) is 6.42 Å². The van der Waals surface area contributed by atoms with Crippen LogP contribution in [0.2, 0.25) is 0 Å². The van der Waals surface area contributed by atoms with Gasteiger partial charge in [0, 0.05) is 5.56 Å². The SMILES string of the molecule is CC(C)CCOc1cccc(C(N)=O)c1. The second-order valence-corrected chi connectivity index (χ2v) is 3.92. The van der Waals surface area contributed by atoms with E-state index in [-0.39, 0.29) is 0 Å². The summed E-state index contributed by atoms with van der Waals surface area (Å²) in [6.07, 6.45) is 1.00. The second kappa shape index (κ2) is 5.39. The first-order valence-electron chi connectivity index (χ1n) is 5.12. The van der Waals surface area contributed by atoms with Gasteiger partial charge in [-0.05, 0) is 30.5 Å². The normalized spacial score (nSPS) is 10.3. The first-order chi connectivity index (χ1) is 7.09. The molecule has 1 rings (SSSR count). The number of benzene rings is 1. The molecule has 1 aromatic rings. The Morgan fingerprint density at radius 3 is 2.80 bits per heavy atom. The molecule has 3 heteroatoms. The molecule has 0 aromatic heterocycles. The largest absolute Gasteiger partial charge is 0.494 e. The number of carbonyl (C=O) groups is 1. The summed E-state index contributed by atoms with van der Waals surface area (Å²) in [6, 6.07) is 6.94. The summed E-state index contributed by atoms with van der Waals surface area (Å²) in [5.41, 5.74) is 5.65. The van der Waals surface area contributed by atoms with Crippen LogP contribution in [0.4, 0.5) is 0 Å². The molecule has 82 valence electrons. The van der Waals surface area contributed by atoms with E-state index < -0.39 is 5.91 Å². The molecule has 0 bridgehead atoms. The summed E-state index contributed by atoms with van der Waals surface area (Å²) < 4.78 is 5.50. The van der Waals surface area contributed by atoms with Crippen LogP contribution in [0.5, 0.6) is 5.75 Å². The predicted octanol–water partition coefficient (Wildman–Crippen LogP) is 2.21. The van der Waals surface area contributed by atoms with Crippen molar-refractivity contribution in [2.45, 2.75) is 20.3 Å². The van der Waals surface area contributed by atoms with Crippen LogP contribution in [0.3, 0.4) is 0 Å². The van der Waals surface area contributed by atoms with Crippen molar-refractivity contribution in [3.8, 4) is 5.75 Å². The van der Waals surface area contributed by atoms with Crippen molar-refractivity contribution in [3.05, 3.63) is 29.8 Å². The van der Waals surface area contributed by atoms with E-state index in [4.69, 9.17) is 10.5 Å². The standard InChI is InChI=1S/C12H17NO2/c1-9(2)6-7-15-11-5-3-4-10(8-11)12(13)14/h3-5,8-9H,6-7H2,1-2H3,(H2,13,14). The molecule has 0 aliphatic carbocycles. The Hall–Kier alpha value is -1.51. The lowest BCUT2D eigenvalue weighted by molar-refractivity contribution is 0.1000. The summed E-state index contributed by atoms with van der Waals surface area (Å²) >= 11 is 0. The van der Waals surface area contributed by atoms with Gasteiger partial charge in [0.1, 0.15) is 5.75 Å². The molecular formula is C12H17NO2. The topological polar surface area (TPSA) is 52.3 Å². The first-order valence-corrected chi connectivity index (χ1v) is 5.12. The Bertz CT molecular complexity index is 334. The van der Waals surface area contributed by atoms with Gasteiger partial charge in [-0.3, -0.25) is 4.79 Å². The Balaban J connectivity index is 2.54. The lowest BCUT2D eigenvalue weighted by Crippen LogP contribution is -2.11. The van der Waals surface area contributed by atoms with Crippen molar-refractivity contribution in [2.75, 3.05) is 6.61 Å². The maximum atomic E-state index is 10.9. The fraction of sp³-hybridized carbons (Fsp3) is 0.417. The highest BCUT2D eigenvalue weighted by Crippen LogP contribution is 2.13. The summed E-state index contributed by atoms with van der Waals surface area (Å²) in [6.45, 7) is 4.95. The summed E-state index contributed by atoms with van der Waals surface area (Å²) in [7, 11) is 0. The quantitative estimate of drug-likeness (QED) is 0.804. The lowest BCUT2D eigenvalue weighted by atomic mass is 10.1. The molecule has 0 radical (unpaired) electrons. The third kappa shape index (κ3) is 4.02. The maximum absolute atomic E-state index is 10.9. The van der Waals surface area contributed by atoms with Gasteiger partial charge in [-0.25, -0.2) is 0 Å². The Labute approximate surface area is 90.2 Å². The Kier molecular flexibility index (Phi) is 4.16. The predicted molar refractivity (Wildman–Crippen MR) is 59.9 cm³/mol. The summed E-state index contributed by atoms with van der Waals surface area (Å²) in [5.74, 6) is 0.889. The van der Waals surface area contributed by atoms with Crippen LogP contribution in [0, 0.1) is 5.92 Å². The van der Waals surface area contributed by atoms with Gasteiger partial charge >= 0.3 is 0 Å². The van der Waals surface area contributed by atoms with E-state index in [1.54, 1.807) is 18.2 Å². The van der Waals surface area contributed by atoms with Gasteiger partial charge in [0.2, 0.25) is 5.91 Å². The molecule has 0 fully saturated rings. The number of rotatable bonds is 5. The fourth-order valence-corrected chi connectivity index (χ4v) is 1.15. The minimum absolute atomic E-state index is 0.427. The molecule has 0 saturated carbocycles. The van der Waals surface area contributed by atoms with E-state index in [1.165, 1.54) is 0 Å². The van der Waals surface area contributed by atoms with E-state index in [2.05, 4.69) is 13.8 Å². The van der Waals surface area contributed by atoms with E-state index in [1.807, 2.05) is 6.07 Å². The smallest absolute Gasteiger partial charge is 0.248 e. The molecule has 0 aliphatic rings. The number of amides is 1. The van der Waals surface area contributed by atoms with Crippen LogP contribution >= 0.6 is 0 Å². The van der Waals surface area contributed by atoms with Crippen LogP contribution in [-0.4, -0.2) is 12.5 Å². The van der Waals surface area contributed by atoms with Gasteiger partial charge in [-0.1, -0.05) is 19.9 Å². The second-order valence-electron chi connectivity index (χ2n) is 3.92. The van der Waals surface area contributed by atoms with E-state index in [9.17, 15) is 4.79 Å². The monoisotopic (exact) mass is 207 g/mol. The molecule has 0 aliphatic heterocycles. The maximum Gasteiger partial charge on any atom is 0.248 e. The molecule has 0 saturated heterocycles. The van der Waals surface area contributed by atoms with Gasteiger partial charge in [0.05, 0.1) is 6.61 Å². The van der Waals surface area contributed by atoms with Gasteiger partial charge in [0.15, 0.2) is 0 Å². The number of carbonyl (C=O) groups excluding carboxylic acids is 1. The van der Waals surface area contributed by atoms with Crippen molar-refractivity contribution in [1.29, 1.82) is 0 Å². The molecular weight excluding hydrogens is 190 g/mol. The molecule has 0 heterocycles. The number of hydrogen-bond donors (Lipinski definition) is 1. The summed E-state index contributed by atoms with van der Waals surface area (Å²) in [4.78, 5) is 10.9. The van der Waals surface area contributed by atoms with Crippen LogP contribution in [0.25, 0.3) is 0 Å². The third-order valence-electron chi connectivity index (χ3n) is 2.08. The van der Waals surface area contributed by atoms with Crippen molar-refractivity contribution in [1.82, 2.24) is 0 Å². The number of primary amides is 1. The third-order valence-corrected chi connectivity index (χ3v) is 2.08. The average molecular weight is 207 g/mol. The van der Waals surface area contributed by atoms with Crippen LogP contribution in [0.15, 0.2) is 24.3 Å². The zero-order chi connectivity index (χ0) is 11.3. The van der Waals surface area contributed by atoms with Crippen molar-refractivity contribution in [2.24, 2.45) is 11.7 Å². The van der Waals surface area contributed by atoms with Gasteiger partial charge < -0.3 is 10.5 Å². The molecule has 0 unspecified atom stereocenters. The zero-order valence-corrected chi connectivity index (χ0v) is 9.19. The minimum atomic E-state index is -0.427. The Morgan fingerprint density at radius 2 is 2.20 bits per heavy atom. The van der Waals surface area contributed by atoms with Gasteiger partial charge in [0.25, 0.3) is 0 Å². The molecule has 2 N–H and O–H groups in total. The molecule has 0 spiro atoms. The van der Waals surface area contributed by atoms with Crippen molar-refractivity contribution in [3.63, 3.8) is 0 Å². The van der Waals surface area contributed by atoms with E-state index in [0.29, 0.717) is 23.8 Å². The highest BCUT2D eigenvalue weighted by atomic mass is 16.5. The minimum Gasteiger partial charge on any atom is -0.494 e. The number of nitrogens with two attached hydrogens (primary N) is 1. The van der Waals surface area contributed by atoms with Crippen LogP contribution < -0.4 is 10.5 Å². The number of hydrogen-bond acceptors (Lipinski definition) is 2. The fourth-order valence-electron chi connectivity index (χ4n) is 1.15. The van der Waals surface area contributed by atoms with E-state index >= 15 is 0 Å². The van der Waals surface area contributed by atoms with Crippen molar-refractivity contribution >= 4 is 5.91 Å². The number of ether oxygens (including phenoxy) is 1. The highest BCUT2D eigenvalue weighted by molar-refractivity contribution is 5.93. The average Bonchev–Trinajstić information content (AvgIpc) is 2.17. The summed E-state index contributed by atoms with van der Waals surface area (Å²) in [5, 5.41) is 0. The first kappa shape index (κ1) is 11.6. The Morgan fingerprint density at radius 1 is 1.47 bits per heavy atom. The molecule has 0 atom stereocenters.